The first kappa shape index (κ1) is 15.1. The maximum atomic E-state index is 11.8. The lowest BCUT2D eigenvalue weighted by Gasteiger charge is -2.03. The predicted molar refractivity (Wildman–Crippen MR) is 82.3 cm³/mol. The molecule has 1 heterocycles. The first-order valence-electron chi connectivity index (χ1n) is 6.22. The van der Waals surface area contributed by atoms with E-state index in [1.54, 1.807) is 6.20 Å². The number of aromatic nitrogens is 2. The van der Waals surface area contributed by atoms with Crippen molar-refractivity contribution in [3.05, 3.63) is 52.8 Å². The van der Waals surface area contributed by atoms with Crippen LogP contribution in [0.2, 0.25) is 0 Å². The van der Waals surface area contributed by atoms with Gasteiger partial charge in [0, 0.05) is 11.8 Å². The van der Waals surface area contributed by atoms with Gasteiger partial charge in [-0.15, -0.1) is 0 Å². The van der Waals surface area contributed by atoms with E-state index >= 15 is 0 Å². The fraction of sp³-hybridized carbons (Fsp3) is 0.188. The Morgan fingerprint density at radius 3 is 2.62 bits per heavy atom. The molecule has 106 valence electrons. The van der Waals surface area contributed by atoms with E-state index in [1.165, 1.54) is 18.9 Å². The van der Waals surface area contributed by atoms with Gasteiger partial charge in [0.25, 0.3) is 0 Å². The SMILES string of the molecule is COC(=O)c1nc(SC)ncc1C#Cc1ccccc1C. The Balaban J connectivity index is 2.45. The Labute approximate surface area is 128 Å². The molecule has 0 spiro atoms. The maximum Gasteiger partial charge on any atom is 0.358 e. The highest BCUT2D eigenvalue weighted by atomic mass is 32.2. The first-order valence-corrected chi connectivity index (χ1v) is 7.45. The summed E-state index contributed by atoms with van der Waals surface area (Å²) in [6, 6.07) is 7.79. The minimum absolute atomic E-state index is 0.193. The Morgan fingerprint density at radius 2 is 1.95 bits per heavy atom. The standard InChI is InChI=1S/C16H14N2O2S/c1-11-6-4-5-7-12(11)8-9-13-10-17-16(21-3)18-14(13)15(19)20-2/h4-7,10H,1-3H3. The zero-order valence-electron chi connectivity index (χ0n) is 12.0. The van der Waals surface area contributed by atoms with E-state index in [9.17, 15) is 4.79 Å². The van der Waals surface area contributed by atoms with Crippen LogP contribution < -0.4 is 0 Å². The lowest BCUT2D eigenvalue weighted by molar-refractivity contribution is 0.0592. The van der Waals surface area contributed by atoms with E-state index in [4.69, 9.17) is 4.74 Å². The van der Waals surface area contributed by atoms with E-state index in [0.717, 1.165) is 11.1 Å². The quantitative estimate of drug-likeness (QED) is 0.369. The summed E-state index contributed by atoms with van der Waals surface area (Å²) in [4.78, 5) is 20.1. The second kappa shape index (κ2) is 6.91. The first-order chi connectivity index (χ1) is 10.2. The van der Waals surface area contributed by atoms with Crippen LogP contribution in [0.5, 0.6) is 0 Å². The minimum Gasteiger partial charge on any atom is -0.464 e. The van der Waals surface area contributed by atoms with Gasteiger partial charge in [0.2, 0.25) is 0 Å². The van der Waals surface area contributed by atoms with E-state index in [0.29, 0.717) is 10.7 Å². The summed E-state index contributed by atoms with van der Waals surface area (Å²) in [6.45, 7) is 1.98. The van der Waals surface area contributed by atoms with Crippen molar-refractivity contribution < 1.29 is 9.53 Å². The zero-order chi connectivity index (χ0) is 15.2. The Morgan fingerprint density at radius 1 is 1.24 bits per heavy atom. The number of nitrogens with zero attached hydrogens (tertiary/aromatic N) is 2. The lowest BCUT2D eigenvalue weighted by atomic mass is 10.1. The number of aryl methyl sites for hydroxylation is 1. The van der Waals surface area contributed by atoms with Crippen LogP contribution in [0.1, 0.15) is 27.2 Å². The number of methoxy groups -OCH3 is 1. The van der Waals surface area contributed by atoms with Gasteiger partial charge in [-0.25, -0.2) is 14.8 Å². The van der Waals surface area contributed by atoms with Crippen LogP contribution in [0.4, 0.5) is 0 Å². The molecule has 0 N–H and O–H groups in total. The summed E-state index contributed by atoms with van der Waals surface area (Å²) in [5.41, 5.74) is 2.63. The molecule has 0 bridgehead atoms. The summed E-state index contributed by atoms with van der Waals surface area (Å²) in [6.07, 6.45) is 3.39. The van der Waals surface area contributed by atoms with E-state index < -0.39 is 5.97 Å². The van der Waals surface area contributed by atoms with Gasteiger partial charge in [0.05, 0.1) is 12.7 Å². The largest absolute Gasteiger partial charge is 0.464 e. The van der Waals surface area contributed by atoms with Crippen molar-refractivity contribution in [3.63, 3.8) is 0 Å². The van der Waals surface area contributed by atoms with Gasteiger partial charge >= 0.3 is 5.97 Å². The second-order valence-corrected chi connectivity index (χ2v) is 4.95. The van der Waals surface area contributed by atoms with Crippen LogP contribution in [0, 0.1) is 18.8 Å². The fourth-order valence-corrected chi connectivity index (χ4v) is 2.00. The monoisotopic (exact) mass is 298 g/mol. The molecule has 2 aromatic rings. The summed E-state index contributed by atoms with van der Waals surface area (Å²) >= 11 is 1.36. The molecule has 0 fully saturated rings. The number of rotatable bonds is 2. The molecule has 0 aliphatic rings. The van der Waals surface area contributed by atoms with Gasteiger partial charge in [0.15, 0.2) is 10.9 Å². The smallest absolute Gasteiger partial charge is 0.358 e. The fourth-order valence-electron chi connectivity index (χ4n) is 1.66. The molecule has 1 aromatic carbocycles. The van der Waals surface area contributed by atoms with Crippen LogP contribution >= 0.6 is 11.8 Å². The molecule has 2 rings (SSSR count). The van der Waals surface area contributed by atoms with Crippen molar-refractivity contribution in [2.45, 2.75) is 12.1 Å². The van der Waals surface area contributed by atoms with Crippen LogP contribution in [-0.2, 0) is 4.74 Å². The molecule has 0 aliphatic heterocycles. The van der Waals surface area contributed by atoms with E-state index in [1.807, 2.05) is 37.4 Å². The van der Waals surface area contributed by atoms with Gasteiger partial charge < -0.3 is 4.74 Å². The molecule has 0 atom stereocenters. The van der Waals surface area contributed by atoms with Crippen molar-refractivity contribution in [3.8, 4) is 11.8 Å². The Kier molecular flexibility index (Phi) is 4.96. The molecule has 0 unspecified atom stereocenters. The second-order valence-electron chi connectivity index (χ2n) is 4.18. The summed E-state index contributed by atoms with van der Waals surface area (Å²) in [5.74, 6) is 5.48. The molecule has 0 saturated heterocycles. The van der Waals surface area contributed by atoms with E-state index in [2.05, 4.69) is 21.8 Å². The van der Waals surface area contributed by atoms with Gasteiger partial charge in [0.1, 0.15) is 0 Å². The number of carbonyl (C=O) groups is 1. The van der Waals surface area contributed by atoms with Crippen LogP contribution in [0.25, 0.3) is 0 Å². The minimum atomic E-state index is -0.512. The average molecular weight is 298 g/mol. The van der Waals surface area contributed by atoms with Crippen molar-refractivity contribution in [1.82, 2.24) is 9.97 Å². The predicted octanol–water partition coefficient (Wildman–Crippen LogP) is 2.69. The lowest BCUT2D eigenvalue weighted by Crippen LogP contribution is -2.09. The molecule has 21 heavy (non-hydrogen) atoms. The number of benzene rings is 1. The van der Waals surface area contributed by atoms with Gasteiger partial charge in [-0.2, -0.15) is 0 Å². The number of carbonyl (C=O) groups excluding carboxylic acids is 1. The van der Waals surface area contributed by atoms with E-state index in [-0.39, 0.29) is 5.69 Å². The zero-order valence-corrected chi connectivity index (χ0v) is 12.8. The molecule has 0 saturated carbocycles. The number of ether oxygens (including phenoxy) is 1. The van der Waals surface area contributed by atoms with Crippen molar-refractivity contribution in [2.75, 3.05) is 13.4 Å². The number of hydrogen-bond acceptors (Lipinski definition) is 5. The van der Waals surface area contributed by atoms with Crippen molar-refractivity contribution in [1.29, 1.82) is 0 Å². The molecular weight excluding hydrogens is 284 g/mol. The molecule has 4 nitrogen and oxygen atoms in total. The average Bonchev–Trinajstić information content (AvgIpc) is 2.53. The van der Waals surface area contributed by atoms with Gasteiger partial charge in [-0.05, 0) is 24.8 Å². The molecule has 5 heteroatoms. The Hall–Kier alpha value is -2.32. The third-order valence-corrected chi connectivity index (χ3v) is 3.37. The normalized spacial score (nSPS) is 9.67. The molecule has 1 aromatic heterocycles. The van der Waals surface area contributed by atoms with Crippen LogP contribution in [0.15, 0.2) is 35.6 Å². The van der Waals surface area contributed by atoms with Crippen molar-refractivity contribution >= 4 is 17.7 Å². The highest BCUT2D eigenvalue weighted by molar-refractivity contribution is 7.98. The third-order valence-electron chi connectivity index (χ3n) is 2.80. The summed E-state index contributed by atoms with van der Waals surface area (Å²) in [5, 5.41) is 0.511. The summed E-state index contributed by atoms with van der Waals surface area (Å²) < 4.78 is 4.75. The van der Waals surface area contributed by atoms with Crippen molar-refractivity contribution in [2.24, 2.45) is 0 Å². The molecular formula is C16H14N2O2S. The molecule has 0 radical (unpaired) electrons. The maximum absolute atomic E-state index is 11.8. The topological polar surface area (TPSA) is 52.1 Å². The highest BCUT2D eigenvalue weighted by Gasteiger charge is 2.14. The Bertz CT molecular complexity index is 733. The molecule has 0 aliphatic carbocycles. The van der Waals surface area contributed by atoms with Gasteiger partial charge in [-0.3, -0.25) is 0 Å². The highest BCUT2D eigenvalue weighted by Crippen LogP contribution is 2.13. The van der Waals surface area contributed by atoms with Gasteiger partial charge in [-0.1, -0.05) is 41.8 Å². The molecule has 0 amide bonds. The summed E-state index contributed by atoms with van der Waals surface area (Å²) in [7, 11) is 1.32. The number of hydrogen-bond donors (Lipinski definition) is 0. The van der Waals surface area contributed by atoms with Crippen LogP contribution in [-0.4, -0.2) is 29.3 Å². The van der Waals surface area contributed by atoms with Crippen LogP contribution in [0.3, 0.4) is 0 Å². The third kappa shape index (κ3) is 3.61. The number of esters is 1. The number of thioether (sulfide) groups is 1.